The van der Waals surface area contributed by atoms with Crippen molar-refractivity contribution in [3.63, 3.8) is 0 Å². The molecule has 0 aliphatic rings. The average Bonchev–Trinajstić information content (AvgIpc) is 2.69. The second-order valence-electron chi connectivity index (χ2n) is 9.26. The number of carbonyl (C=O) groups is 2. The Kier molecular flexibility index (Phi) is 8.71. The van der Waals surface area contributed by atoms with Crippen molar-refractivity contribution in [3.05, 3.63) is 64.4 Å². The van der Waals surface area contributed by atoms with Crippen LogP contribution in [0.1, 0.15) is 38.8 Å². The summed E-state index contributed by atoms with van der Waals surface area (Å²) >= 11 is 6.01. The van der Waals surface area contributed by atoms with Gasteiger partial charge in [-0.2, -0.15) is 0 Å². The Bertz CT molecular complexity index is 1150. The summed E-state index contributed by atoms with van der Waals surface area (Å²) < 4.78 is 39.6. The third-order valence-corrected chi connectivity index (χ3v) is 6.40. The molecule has 1 N–H and O–H groups in total. The summed E-state index contributed by atoms with van der Waals surface area (Å²) in [7, 11) is -3.84. The minimum Gasteiger partial charge on any atom is -0.350 e. The maximum absolute atomic E-state index is 13.5. The third-order valence-electron chi connectivity index (χ3n) is 5.04. The van der Waals surface area contributed by atoms with Crippen molar-refractivity contribution in [1.82, 2.24) is 10.2 Å². The summed E-state index contributed by atoms with van der Waals surface area (Å²) in [5, 5.41) is 3.28. The molecule has 34 heavy (non-hydrogen) atoms. The number of sulfonamides is 1. The molecule has 0 unspecified atom stereocenters. The van der Waals surface area contributed by atoms with E-state index >= 15 is 0 Å². The zero-order valence-electron chi connectivity index (χ0n) is 20.2. The second kappa shape index (κ2) is 10.7. The molecule has 0 spiro atoms. The number of aryl methyl sites for hydroxylation is 1. The number of amides is 2. The van der Waals surface area contributed by atoms with Gasteiger partial charge in [0, 0.05) is 17.1 Å². The molecule has 1 atom stereocenters. The van der Waals surface area contributed by atoms with E-state index in [2.05, 4.69) is 5.32 Å². The van der Waals surface area contributed by atoms with E-state index in [1.807, 2.05) is 20.8 Å². The second-order valence-corrected chi connectivity index (χ2v) is 11.6. The molecule has 0 saturated heterocycles. The molecule has 2 aromatic carbocycles. The Morgan fingerprint density at radius 2 is 1.71 bits per heavy atom. The lowest BCUT2D eigenvalue weighted by Crippen LogP contribution is -2.54. The van der Waals surface area contributed by atoms with Gasteiger partial charge in [-0.15, -0.1) is 0 Å². The number of halogens is 2. The van der Waals surface area contributed by atoms with Crippen molar-refractivity contribution in [2.75, 3.05) is 17.1 Å². The van der Waals surface area contributed by atoms with Crippen LogP contribution in [0.25, 0.3) is 0 Å². The first-order valence-electron chi connectivity index (χ1n) is 10.7. The monoisotopic (exact) mass is 511 g/mol. The van der Waals surface area contributed by atoms with Crippen molar-refractivity contribution in [2.24, 2.45) is 0 Å². The summed E-state index contributed by atoms with van der Waals surface area (Å²) in [6, 6.07) is 9.33. The van der Waals surface area contributed by atoms with E-state index < -0.39 is 45.8 Å². The molecule has 0 saturated carbocycles. The van der Waals surface area contributed by atoms with Gasteiger partial charge in [0.05, 0.1) is 11.9 Å². The molecule has 0 heterocycles. The third kappa shape index (κ3) is 7.70. The highest BCUT2D eigenvalue weighted by Crippen LogP contribution is 2.26. The number of rotatable bonds is 8. The first-order valence-corrected chi connectivity index (χ1v) is 12.9. The van der Waals surface area contributed by atoms with Gasteiger partial charge in [0.1, 0.15) is 18.4 Å². The van der Waals surface area contributed by atoms with Gasteiger partial charge in [0.2, 0.25) is 21.8 Å². The van der Waals surface area contributed by atoms with Crippen LogP contribution in [0.15, 0.2) is 42.5 Å². The van der Waals surface area contributed by atoms with Gasteiger partial charge in [0.15, 0.2) is 0 Å². The number of nitrogens with zero attached hydrogens (tertiary/aromatic N) is 2. The first-order chi connectivity index (χ1) is 15.6. The highest BCUT2D eigenvalue weighted by atomic mass is 35.5. The molecule has 2 rings (SSSR count). The Morgan fingerprint density at radius 1 is 1.12 bits per heavy atom. The van der Waals surface area contributed by atoms with Crippen LogP contribution in [-0.4, -0.2) is 49.5 Å². The summed E-state index contributed by atoms with van der Waals surface area (Å²) in [6.07, 6.45) is 1.01. The van der Waals surface area contributed by atoms with Crippen LogP contribution in [0, 0.1) is 12.7 Å². The van der Waals surface area contributed by atoms with Gasteiger partial charge in [0.25, 0.3) is 0 Å². The molecular weight excluding hydrogens is 481 g/mol. The average molecular weight is 512 g/mol. The molecule has 2 aromatic rings. The molecule has 0 aromatic heterocycles. The largest absolute Gasteiger partial charge is 0.350 e. The number of hydrogen-bond donors (Lipinski definition) is 1. The van der Waals surface area contributed by atoms with Crippen LogP contribution < -0.4 is 9.62 Å². The Labute approximate surface area is 205 Å². The fourth-order valence-electron chi connectivity index (χ4n) is 3.34. The summed E-state index contributed by atoms with van der Waals surface area (Å²) in [5.74, 6) is -1.40. The van der Waals surface area contributed by atoms with Crippen LogP contribution in [0.3, 0.4) is 0 Å². The molecule has 0 bridgehead atoms. The highest BCUT2D eigenvalue weighted by molar-refractivity contribution is 7.92. The van der Waals surface area contributed by atoms with Gasteiger partial charge in [-0.1, -0.05) is 23.7 Å². The van der Waals surface area contributed by atoms with Crippen LogP contribution in [0.4, 0.5) is 10.1 Å². The predicted molar refractivity (Wildman–Crippen MR) is 133 cm³/mol. The van der Waals surface area contributed by atoms with E-state index in [-0.39, 0.29) is 6.54 Å². The van der Waals surface area contributed by atoms with Crippen molar-refractivity contribution in [2.45, 2.75) is 52.7 Å². The molecular formula is C24H31ClFN3O4S. The van der Waals surface area contributed by atoms with E-state index in [1.165, 1.54) is 35.2 Å². The maximum Gasteiger partial charge on any atom is 0.244 e. The molecule has 0 fully saturated rings. The zero-order chi connectivity index (χ0) is 25.8. The van der Waals surface area contributed by atoms with Crippen molar-refractivity contribution in [3.8, 4) is 0 Å². The molecule has 7 nitrogen and oxygen atoms in total. The normalized spacial score (nSPS) is 12.7. The zero-order valence-corrected chi connectivity index (χ0v) is 21.8. The van der Waals surface area contributed by atoms with Crippen molar-refractivity contribution in [1.29, 1.82) is 0 Å². The van der Waals surface area contributed by atoms with Crippen LogP contribution >= 0.6 is 11.6 Å². The molecule has 0 radical (unpaired) electrons. The van der Waals surface area contributed by atoms with Crippen molar-refractivity contribution < 1.29 is 22.4 Å². The Hall–Kier alpha value is -2.65. The van der Waals surface area contributed by atoms with E-state index in [1.54, 1.807) is 26.0 Å². The lowest BCUT2D eigenvalue weighted by atomic mass is 10.1. The number of anilines is 1. The quantitative estimate of drug-likeness (QED) is 0.582. The van der Waals surface area contributed by atoms with E-state index in [0.717, 1.165) is 10.6 Å². The number of nitrogens with one attached hydrogen (secondary N) is 1. The van der Waals surface area contributed by atoms with Gasteiger partial charge >= 0.3 is 0 Å². The lowest BCUT2D eigenvalue weighted by molar-refractivity contribution is -0.140. The van der Waals surface area contributed by atoms with E-state index in [9.17, 15) is 22.4 Å². The smallest absolute Gasteiger partial charge is 0.244 e. The van der Waals surface area contributed by atoms with Crippen LogP contribution in [-0.2, 0) is 26.2 Å². The topological polar surface area (TPSA) is 86.8 Å². The van der Waals surface area contributed by atoms with Gasteiger partial charge in [-0.3, -0.25) is 13.9 Å². The minimum absolute atomic E-state index is 0.00492. The number of hydrogen-bond acceptors (Lipinski definition) is 4. The minimum atomic E-state index is -3.84. The fourth-order valence-corrected chi connectivity index (χ4v) is 4.47. The summed E-state index contributed by atoms with van der Waals surface area (Å²) in [5.41, 5.74) is 0.955. The SMILES string of the molecule is Cc1cc(Cl)ccc1N(CC(=O)N(Cc1ccc(F)cc1)[C@@H](C)C(=O)NC(C)(C)C)S(C)(=O)=O. The lowest BCUT2D eigenvalue weighted by Gasteiger charge is -2.33. The first kappa shape index (κ1) is 27.6. The van der Waals surface area contributed by atoms with E-state index in [4.69, 9.17) is 11.6 Å². The Balaban J connectivity index is 2.43. The number of benzene rings is 2. The molecule has 0 aliphatic carbocycles. The molecule has 186 valence electrons. The van der Waals surface area contributed by atoms with Gasteiger partial charge in [-0.05, 0) is 76.1 Å². The van der Waals surface area contributed by atoms with Crippen LogP contribution in [0.5, 0.6) is 0 Å². The molecule has 2 amide bonds. The summed E-state index contributed by atoms with van der Waals surface area (Å²) in [4.78, 5) is 27.6. The standard InChI is InChI=1S/C24H31ClFN3O4S/c1-16-13-19(25)9-12-21(16)29(34(6,32)33)15-22(30)28(14-18-7-10-20(26)11-8-18)17(2)23(31)27-24(3,4)5/h7-13,17H,14-15H2,1-6H3,(H,27,31)/t17-/m0/s1. The van der Waals surface area contributed by atoms with Crippen LogP contribution in [0.2, 0.25) is 5.02 Å². The maximum atomic E-state index is 13.5. The van der Waals surface area contributed by atoms with Gasteiger partial charge < -0.3 is 10.2 Å². The Morgan fingerprint density at radius 3 is 2.21 bits per heavy atom. The van der Waals surface area contributed by atoms with Crippen molar-refractivity contribution >= 4 is 39.1 Å². The number of carbonyl (C=O) groups excluding carboxylic acids is 2. The van der Waals surface area contributed by atoms with Gasteiger partial charge in [-0.25, -0.2) is 12.8 Å². The molecule has 0 aliphatic heterocycles. The predicted octanol–water partition coefficient (Wildman–Crippen LogP) is 3.89. The highest BCUT2D eigenvalue weighted by Gasteiger charge is 2.31. The summed E-state index contributed by atoms with van der Waals surface area (Å²) in [6.45, 7) is 8.19. The molecule has 10 heteroatoms. The van der Waals surface area contributed by atoms with E-state index in [0.29, 0.717) is 21.8 Å². The fraction of sp³-hybridized carbons (Fsp3) is 0.417.